The zero-order valence-corrected chi connectivity index (χ0v) is 15.2. The van der Waals surface area contributed by atoms with Gasteiger partial charge in [-0.1, -0.05) is 71.3 Å². The van der Waals surface area contributed by atoms with Crippen LogP contribution < -0.4 is 4.74 Å². The SMILES string of the molecule is CCCCCCCC(CCCCCCC)Oc1cccc(F)c1. The van der Waals surface area contributed by atoms with Gasteiger partial charge in [0.25, 0.3) is 0 Å². The van der Waals surface area contributed by atoms with Crippen molar-refractivity contribution in [2.45, 2.75) is 97.0 Å². The average Bonchev–Trinajstić information content (AvgIpc) is 2.54. The minimum atomic E-state index is -0.216. The molecule has 0 spiro atoms. The molecule has 0 fully saturated rings. The van der Waals surface area contributed by atoms with Crippen LogP contribution in [0.3, 0.4) is 0 Å². The van der Waals surface area contributed by atoms with Crippen molar-refractivity contribution in [2.75, 3.05) is 0 Å². The fourth-order valence-corrected chi connectivity index (χ4v) is 2.95. The maximum absolute atomic E-state index is 13.3. The predicted molar refractivity (Wildman–Crippen MR) is 97.6 cm³/mol. The third-order valence-corrected chi connectivity index (χ3v) is 4.36. The first-order chi connectivity index (χ1) is 11.3. The number of unbranched alkanes of at least 4 members (excludes halogenated alkanes) is 8. The van der Waals surface area contributed by atoms with Gasteiger partial charge < -0.3 is 4.74 Å². The van der Waals surface area contributed by atoms with Gasteiger partial charge in [-0.2, -0.15) is 0 Å². The van der Waals surface area contributed by atoms with E-state index in [4.69, 9.17) is 4.74 Å². The summed E-state index contributed by atoms with van der Waals surface area (Å²) >= 11 is 0. The Morgan fingerprint density at radius 3 is 1.91 bits per heavy atom. The summed E-state index contributed by atoms with van der Waals surface area (Å²) in [4.78, 5) is 0. The molecule has 0 aliphatic carbocycles. The number of hydrogen-bond donors (Lipinski definition) is 0. The van der Waals surface area contributed by atoms with Gasteiger partial charge in [0.05, 0.1) is 6.10 Å². The Morgan fingerprint density at radius 1 is 0.826 bits per heavy atom. The zero-order chi connectivity index (χ0) is 16.8. The third kappa shape index (κ3) is 10.4. The first kappa shape index (κ1) is 20.0. The molecule has 1 aromatic rings. The molecule has 2 heteroatoms. The van der Waals surface area contributed by atoms with E-state index in [1.165, 1.54) is 76.3 Å². The van der Waals surface area contributed by atoms with E-state index in [1.807, 2.05) is 6.07 Å². The van der Waals surface area contributed by atoms with E-state index in [0.717, 1.165) is 12.8 Å². The van der Waals surface area contributed by atoms with Crippen LogP contribution in [0.15, 0.2) is 24.3 Å². The van der Waals surface area contributed by atoms with Crippen molar-refractivity contribution < 1.29 is 9.13 Å². The summed E-state index contributed by atoms with van der Waals surface area (Å²) in [5, 5.41) is 0. The monoisotopic (exact) mass is 322 g/mol. The summed E-state index contributed by atoms with van der Waals surface area (Å²) in [5.74, 6) is 0.462. The second-order valence-corrected chi connectivity index (χ2v) is 6.60. The van der Waals surface area contributed by atoms with Gasteiger partial charge in [-0.15, -0.1) is 0 Å². The molecule has 132 valence electrons. The number of halogens is 1. The van der Waals surface area contributed by atoms with Crippen LogP contribution in [0.1, 0.15) is 90.9 Å². The van der Waals surface area contributed by atoms with Crippen molar-refractivity contribution in [1.82, 2.24) is 0 Å². The van der Waals surface area contributed by atoms with Crippen LogP contribution in [0.4, 0.5) is 4.39 Å². The van der Waals surface area contributed by atoms with Crippen LogP contribution in [0, 0.1) is 5.82 Å². The molecule has 1 nitrogen and oxygen atoms in total. The lowest BCUT2D eigenvalue weighted by molar-refractivity contribution is 0.172. The Labute approximate surface area is 142 Å². The molecule has 23 heavy (non-hydrogen) atoms. The van der Waals surface area contributed by atoms with E-state index in [2.05, 4.69) is 13.8 Å². The van der Waals surface area contributed by atoms with E-state index < -0.39 is 0 Å². The zero-order valence-electron chi connectivity index (χ0n) is 15.2. The van der Waals surface area contributed by atoms with Crippen molar-refractivity contribution >= 4 is 0 Å². The van der Waals surface area contributed by atoms with Crippen molar-refractivity contribution in [3.8, 4) is 5.75 Å². The molecule has 0 amide bonds. The van der Waals surface area contributed by atoms with Crippen LogP contribution >= 0.6 is 0 Å². The summed E-state index contributed by atoms with van der Waals surface area (Å²) in [6, 6.07) is 6.56. The van der Waals surface area contributed by atoms with Crippen molar-refractivity contribution in [3.63, 3.8) is 0 Å². The molecule has 0 unspecified atom stereocenters. The first-order valence-corrected chi connectivity index (χ1v) is 9.68. The average molecular weight is 323 g/mol. The highest BCUT2D eigenvalue weighted by Gasteiger charge is 2.11. The standard InChI is InChI=1S/C21H35FO/c1-3-5-7-9-11-15-20(16-12-10-8-6-4-2)23-21-17-13-14-19(22)18-21/h13-14,17-18,20H,3-12,15-16H2,1-2H3. The molecular formula is C21H35FO. The number of ether oxygens (including phenoxy) is 1. The maximum atomic E-state index is 13.3. The summed E-state index contributed by atoms with van der Waals surface area (Å²) < 4.78 is 19.4. The first-order valence-electron chi connectivity index (χ1n) is 9.68. The fraction of sp³-hybridized carbons (Fsp3) is 0.714. The Kier molecular flexibility index (Phi) is 11.6. The lowest BCUT2D eigenvalue weighted by Gasteiger charge is -2.19. The van der Waals surface area contributed by atoms with Crippen LogP contribution in [-0.2, 0) is 0 Å². The van der Waals surface area contributed by atoms with Gasteiger partial charge in [0.15, 0.2) is 0 Å². The molecule has 1 aromatic carbocycles. The largest absolute Gasteiger partial charge is 0.490 e. The van der Waals surface area contributed by atoms with Crippen LogP contribution in [0.25, 0.3) is 0 Å². The predicted octanol–water partition coefficient (Wildman–Crippen LogP) is 7.29. The van der Waals surface area contributed by atoms with Gasteiger partial charge in [-0.3, -0.25) is 0 Å². The van der Waals surface area contributed by atoms with Gasteiger partial charge in [0, 0.05) is 6.07 Å². The molecule has 0 aliphatic heterocycles. The van der Waals surface area contributed by atoms with Gasteiger partial charge in [0.1, 0.15) is 11.6 Å². The van der Waals surface area contributed by atoms with Gasteiger partial charge >= 0.3 is 0 Å². The molecule has 0 aromatic heterocycles. The smallest absolute Gasteiger partial charge is 0.126 e. The minimum absolute atomic E-state index is 0.216. The lowest BCUT2D eigenvalue weighted by Crippen LogP contribution is -2.16. The summed E-state index contributed by atoms with van der Waals surface area (Å²) in [7, 11) is 0. The molecule has 0 aliphatic rings. The molecule has 0 bridgehead atoms. The van der Waals surface area contributed by atoms with E-state index in [9.17, 15) is 4.39 Å². The van der Waals surface area contributed by atoms with Crippen LogP contribution in [-0.4, -0.2) is 6.10 Å². The molecule has 0 heterocycles. The number of rotatable bonds is 14. The molecule has 0 saturated heterocycles. The van der Waals surface area contributed by atoms with Crippen molar-refractivity contribution in [2.24, 2.45) is 0 Å². The summed E-state index contributed by atoms with van der Waals surface area (Å²) in [6.07, 6.45) is 15.3. The van der Waals surface area contributed by atoms with Crippen molar-refractivity contribution in [1.29, 1.82) is 0 Å². The Hall–Kier alpha value is -1.05. The Balaban J connectivity index is 2.37. The molecular weight excluding hydrogens is 287 g/mol. The lowest BCUT2D eigenvalue weighted by atomic mass is 10.0. The second-order valence-electron chi connectivity index (χ2n) is 6.60. The van der Waals surface area contributed by atoms with Crippen LogP contribution in [0.5, 0.6) is 5.75 Å². The molecule has 0 atom stereocenters. The third-order valence-electron chi connectivity index (χ3n) is 4.36. The highest BCUT2D eigenvalue weighted by Crippen LogP contribution is 2.20. The topological polar surface area (TPSA) is 9.23 Å². The summed E-state index contributed by atoms with van der Waals surface area (Å²) in [6.45, 7) is 4.48. The second kappa shape index (κ2) is 13.4. The Morgan fingerprint density at radius 2 is 1.39 bits per heavy atom. The van der Waals surface area contributed by atoms with E-state index in [1.54, 1.807) is 6.07 Å². The minimum Gasteiger partial charge on any atom is -0.490 e. The van der Waals surface area contributed by atoms with Crippen molar-refractivity contribution in [3.05, 3.63) is 30.1 Å². The molecule has 0 N–H and O–H groups in total. The van der Waals surface area contributed by atoms with Crippen LogP contribution in [0.2, 0.25) is 0 Å². The molecule has 0 saturated carbocycles. The summed E-state index contributed by atoms with van der Waals surface area (Å²) in [5.41, 5.74) is 0. The fourth-order valence-electron chi connectivity index (χ4n) is 2.95. The van der Waals surface area contributed by atoms with Gasteiger partial charge in [-0.05, 0) is 37.8 Å². The maximum Gasteiger partial charge on any atom is 0.126 e. The highest BCUT2D eigenvalue weighted by molar-refractivity contribution is 5.22. The van der Waals surface area contributed by atoms with Gasteiger partial charge in [0.2, 0.25) is 0 Å². The van der Waals surface area contributed by atoms with Gasteiger partial charge in [-0.25, -0.2) is 4.39 Å². The highest BCUT2D eigenvalue weighted by atomic mass is 19.1. The van der Waals surface area contributed by atoms with E-state index in [0.29, 0.717) is 5.75 Å². The normalized spacial score (nSPS) is 11.1. The van der Waals surface area contributed by atoms with E-state index >= 15 is 0 Å². The number of benzene rings is 1. The molecule has 0 radical (unpaired) electrons. The quantitative estimate of drug-likeness (QED) is 0.327. The van der Waals surface area contributed by atoms with E-state index in [-0.39, 0.29) is 11.9 Å². The molecule has 1 rings (SSSR count). The number of hydrogen-bond acceptors (Lipinski definition) is 1. The Bertz CT molecular complexity index is 377.